The Morgan fingerprint density at radius 1 is 1.43 bits per heavy atom. The van der Waals surface area contributed by atoms with E-state index in [4.69, 9.17) is 0 Å². The third-order valence-electron chi connectivity index (χ3n) is 2.17. The number of hydrogen-bond acceptors (Lipinski definition) is 3. The van der Waals surface area contributed by atoms with Crippen LogP contribution < -0.4 is 5.32 Å². The van der Waals surface area contributed by atoms with Crippen LogP contribution in [0.15, 0.2) is 24.3 Å². The van der Waals surface area contributed by atoms with Crippen molar-refractivity contribution in [1.29, 1.82) is 0 Å². The van der Waals surface area contributed by atoms with E-state index >= 15 is 0 Å². The molecule has 1 saturated heterocycles. The van der Waals surface area contributed by atoms with Crippen molar-refractivity contribution in [3.63, 3.8) is 0 Å². The van der Waals surface area contributed by atoms with Crippen LogP contribution in [0.3, 0.4) is 0 Å². The van der Waals surface area contributed by atoms with Gasteiger partial charge in [-0.15, -0.1) is 11.8 Å². The SMILES string of the molecule is O=C1CSCC(c2ccccc2O)N1. The summed E-state index contributed by atoms with van der Waals surface area (Å²) in [5.41, 5.74) is 0.799. The fourth-order valence-corrected chi connectivity index (χ4v) is 2.38. The van der Waals surface area contributed by atoms with Crippen LogP contribution in [0, 0.1) is 0 Å². The number of phenolic OH excluding ortho intramolecular Hbond substituents is 1. The molecule has 0 bridgehead atoms. The minimum Gasteiger partial charge on any atom is -0.508 e. The van der Waals surface area contributed by atoms with Gasteiger partial charge in [0.2, 0.25) is 5.91 Å². The normalized spacial score (nSPS) is 21.7. The molecular weight excluding hydrogens is 198 g/mol. The third kappa shape index (κ3) is 1.85. The van der Waals surface area contributed by atoms with Crippen LogP contribution in [0.5, 0.6) is 5.75 Å². The molecule has 1 heterocycles. The average Bonchev–Trinajstić information content (AvgIpc) is 2.18. The van der Waals surface area contributed by atoms with E-state index in [9.17, 15) is 9.90 Å². The van der Waals surface area contributed by atoms with Crippen LogP contribution in [0.4, 0.5) is 0 Å². The number of rotatable bonds is 1. The smallest absolute Gasteiger partial charge is 0.230 e. The highest BCUT2D eigenvalue weighted by molar-refractivity contribution is 8.00. The fourth-order valence-electron chi connectivity index (χ4n) is 1.50. The third-order valence-corrected chi connectivity index (χ3v) is 3.20. The second-order valence-electron chi connectivity index (χ2n) is 3.19. The molecule has 1 amide bonds. The predicted octanol–water partition coefficient (Wildman–Crippen LogP) is 1.30. The van der Waals surface area contributed by atoms with Gasteiger partial charge >= 0.3 is 0 Å². The van der Waals surface area contributed by atoms with Crippen molar-refractivity contribution in [3.8, 4) is 5.75 Å². The Labute approximate surface area is 86.5 Å². The molecule has 2 rings (SSSR count). The molecule has 1 fully saturated rings. The minimum atomic E-state index is -0.0533. The number of carbonyl (C=O) groups is 1. The second kappa shape index (κ2) is 3.92. The average molecular weight is 209 g/mol. The fraction of sp³-hybridized carbons (Fsp3) is 0.300. The van der Waals surface area contributed by atoms with E-state index in [-0.39, 0.29) is 17.7 Å². The summed E-state index contributed by atoms with van der Waals surface area (Å²) < 4.78 is 0. The summed E-state index contributed by atoms with van der Waals surface area (Å²) in [6.45, 7) is 0. The molecule has 1 aliphatic rings. The first kappa shape index (κ1) is 9.40. The maximum absolute atomic E-state index is 11.1. The summed E-state index contributed by atoms with van der Waals surface area (Å²) in [5.74, 6) is 1.63. The number of amides is 1. The van der Waals surface area contributed by atoms with Gasteiger partial charge < -0.3 is 10.4 Å². The first-order chi connectivity index (χ1) is 6.77. The van der Waals surface area contributed by atoms with E-state index in [1.54, 1.807) is 23.9 Å². The number of thioether (sulfide) groups is 1. The van der Waals surface area contributed by atoms with Crippen LogP contribution in [0.25, 0.3) is 0 Å². The zero-order valence-corrected chi connectivity index (χ0v) is 8.38. The van der Waals surface area contributed by atoms with E-state index in [2.05, 4.69) is 5.32 Å². The number of hydrogen-bond donors (Lipinski definition) is 2. The molecule has 0 radical (unpaired) electrons. The number of para-hydroxylation sites is 1. The van der Waals surface area contributed by atoms with Gasteiger partial charge in [-0.3, -0.25) is 4.79 Å². The molecule has 1 aromatic rings. The van der Waals surface area contributed by atoms with E-state index in [1.807, 2.05) is 12.1 Å². The Hall–Kier alpha value is -1.16. The van der Waals surface area contributed by atoms with Crippen molar-refractivity contribution in [2.24, 2.45) is 0 Å². The summed E-state index contributed by atoms with van der Waals surface area (Å²) in [6, 6.07) is 7.06. The quantitative estimate of drug-likeness (QED) is 0.733. The van der Waals surface area contributed by atoms with Crippen molar-refractivity contribution >= 4 is 17.7 Å². The topological polar surface area (TPSA) is 49.3 Å². The van der Waals surface area contributed by atoms with Crippen molar-refractivity contribution in [2.45, 2.75) is 6.04 Å². The molecule has 74 valence electrons. The van der Waals surface area contributed by atoms with Crippen molar-refractivity contribution in [2.75, 3.05) is 11.5 Å². The lowest BCUT2D eigenvalue weighted by atomic mass is 10.1. The molecule has 2 N–H and O–H groups in total. The molecule has 3 nitrogen and oxygen atoms in total. The van der Waals surface area contributed by atoms with Gasteiger partial charge in [-0.25, -0.2) is 0 Å². The van der Waals surface area contributed by atoms with Crippen LogP contribution in [-0.4, -0.2) is 22.5 Å². The minimum absolute atomic E-state index is 0.0366. The standard InChI is InChI=1S/C10H11NO2S/c12-9-4-2-1-3-7(9)8-5-14-6-10(13)11-8/h1-4,8,12H,5-6H2,(H,11,13). The number of carbonyl (C=O) groups excluding carboxylic acids is 1. The van der Waals surface area contributed by atoms with Crippen molar-refractivity contribution < 1.29 is 9.90 Å². The van der Waals surface area contributed by atoms with Crippen molar-refractivity contribution in [3.05, 3.63) is 29.8 Å². The van der Waals surface area contributed by atoms with Gasteiger partial charge in [0.05, 0.1) is 11.8 Å². The summed E-state index contributed by atoms with van der Waals surface area (Å²) in [5, 5.41) is 12.4. The molecule has 0 aliphatic carbocycles. The van der Waals surface area contributed by atoms with E-state index in [1.165, 1.54) is 0 Å². The van der Waals surface area contributed by atoms with Gasteiger partial charge in [0.1, 0.15) is 5.75 Å². The Balaban J connectivity index is 2.22. The van der Waals surface area contributed by atoms with E-state index in [0.29, 0.717) is 5.75 Å². The zero-order valence-electron chi connectivity index (χ0n) is 7.56. The van der Waals surface area contributed by atoms with Gasteiger partial charge in [0, 0.05) is 11.3 Å². The summed E-state index contributed by atoms with van der Waals surface area (Å²) in [4.78, 5) is 11.1. The Morgan fingerprint density at radius 3 is 2.93 bits per heavy atom. The molecule has 0 spiro atoms. The lowest BCUT2D eigenvalue weighted by molar-refractivity contribution is -0.119. The molecule has 0 saturated carbocycles. The van der Waals surface area contributed by atoms with Gasteiger partial charge in [0.25, 0.3) is 0 Å². The molecule has 0 aromatic heterocycles. The Bertz CT molecular complexity index is 354. The van der Waals surface area contributed by atoms with Gasteiger partial charge in [-0.2, -0.15) is 0 Å². The number of benzene rings is 1. The summed E-state index contributed by atoms with van der Waals surface area (Å²) >= 11 is 1.59. The molecule has 1 aromatic carbocycles. The van der Waals surface area contributed by atoms with Crippen LogP contribution in [-0.2, 0) is 4.79 Å². The molecule has 1 unspecified atom stereocenters. The first-order valence-electron chi connectivity index (χ1n) is 4.42. The molecular formula is C10H11NO2S. The largest absolute Gasteiger partial charge is 0.508 e. The maximum Gasteiger partial charge on any atom is 0.230 e. The van der Waals surface area contributed by atoms with Crippen LogP contribution in [0.2, 0.25) is 0 Å². The zero-order chi connectivity index (χ0) is 9.97. The second-order valence-corrected chi connectivity index (χ2v) is 4.22. The van der Waals surface area contributed by atoms with E-state index in [0.717, 1.165) is 11.3 Å². The monoisotopic (exact) mass is 209 g/mol. The number of aromatic hydroxyl groups is 1. The van der Waals surface area contributed by atoms with E-state index < -0.39 is 0 Å². The highest BCUT2D eigenvalue weighted by Crippen LogP contribution is 2.28. The van der Waals surface area contributed by atoms with Gasteiger partial charge in [-0.1, -0.05) is 18.2 Å². The van der Waals surface area contributed by atoms with Crippen LogP contribution >= 0.6 is 11.8 Å². The number of nitrogens with one attached hydrogen (secondary N) is 1. The highest BCUT2D eigenvalue weighted by Gasteiger charge is 2.21. The summed E-state index contributed by atoms with van der Waals surface area (Å²) in [6.07, 6.45) is 0. The highest BCUT2D eigenvalue weighted by atomic mass is 32.2. The summed E-state index contributed by atoms with van der Waals surface area (Å²) in [7, 11) is 0. The molecule has 1 aliphatic heterocycles. The van der Waals surface area contributed by atoms with Gasteiger partial charge in [-0.05, 0) is 6.07 Å². The maximum atomic E-state index is 11.1. The Morgan fingerprint density at radius 2 is 2.21 bits per heavy atom. The lowest BCUT2D eigenvalue weighted by Crippen LogP contribution is -2.35. The number of phenols is 1. The van der Waals surface area contributed by atoms with Gasteiger partial charge in [0.15, 0.2) is 0 Å². The lowest BCUT2D eigenvalue weighted by Gasteiger charge is -2.23. The molecule has 14 heavy (non-hydrogen) atoms. The van der Waals surface area contributed by atoms with Crippen molar-refractivity contribution in [1.82, 2.24) is 5.32 Å². The Kier molecular flexibility index (Phi) is 2.63. The van der Waals surface area contributed by atoms with Crippen LogP contribution in [0.1, 0.15) is 11.6 Å². The first-order valence-corrected chi connectivity index (χ1v) is 5.58. The molecule has 1 atom stereocenters. The molecule has 4 heteroatoms. The predicted molar refractivity (Wildman–Crippen MR) is 56.3 cm³/mol.